The van der Waals surface area contributed by atoms with E-state index in [1.807, 2.05) is 6.07 Å². The Kier molecular flexibility index (Phi) is 6.86. The number of rotatable bonds is 6. The quantitative estimate of drug-likeness (QED) is 0.551. The second-order valence-electron chi connectivity index (χ2n) is 5.64. The fourth-order valence-corrected chi connectivity index (χ4v) is 2.21. The van der Waals surface area contributed by atoms with Crippen LogP contribution in [0.5, 0.6) is 17.2 Å². The van der Waals surface area contributed by atoms with Crippen molar-refractivity contribution in [3.05, 3.63) is 53.6 Å². The van der Waals surface area contributed by atoms with Gasteiger partial charge in [-0.25, -0.2) is 4.79 Å². The van der Waals surface area contributed by atoms with Gasteiger partial charge in [-0.1, -0.05) is 30.3 Å². The maximum Gasteiger partial charge on any atom is 0.338 e. The molecule has 2 rings (SSSR count). The first-order chi connectivity index (χ1) is 13.3. The topological polar surface area (TPSA) is 105 Å². The summed E-state index contributed by atoms with van der Waals surface area (Å²) >= 11 is 0. The molecule has 0 saturated heterocycles. The van der Waals surface area contributed by atoms with Crippen molar-refractivity contribution >= 4 is 23.9 Å². The van der Waals surface area contributed by atoms with Crippen LogP contribution in [0.3, 0.4) is 0 Å². The molecule has 0 N–H and O–H groups in total. The van der Waals surface area contributed by atoms with Gasteiger partial charge in [-0.05, 0) is 17.7 Å². The maximum atomic E-state index is 12.4. The summed E-state index contributed by atoms with van der Waals surface area (Å²) in [5.74, 6) is -3.74. The van der Waals surface area contributed by atoms with Crippen molar-refractivity contribution in [2.24, 2.45) is 0 Å². The number of benzene rings is 2. The Hall–Kier alpha value is -3.68. The summed E-state index contributed by atoms with van der Waals surface area (Å²) in [5, 5.41) is 0. The van der Waals surface area contributed by atoms with Gasteiger partial charge in [0.2, 0.25) is 5.75 Å². The van der Waals surface area contributed by atoms with Crippen molar-refractivity contribution in [3.8, 4) is 17.2 Å². The minimum Gasteiger partial charge on any atom is -0.457 e. The third-order valence-electron chi connectivity index (χ3n) is 3.22. The summed E-state index contributed by atoms with van der Waals surface area (Å²) in [7, 11) is 0. The lowest BCUT2D eigenvalue weighted by molar-refractivity contribution is -0.135. The van der Waals surface area contributed by atoms with Crippen LogP contribution in [0.1, 0.15) is 36.7 Å². The van der Waals surface area contributed by atoms with Crippen LogP contribution in [0.4, 0.5) is 0 Å². The van der Waals surface area contributed by atoms with Crippen molar-refractivity contribution in [1.29, 1.82) is 0 Å². The highest BCUT2D eigenvalue weighted by Gasteiger charge is 2.23. The van der Waals surface area contributed by atoms with Crippen LogP contribution in [0, 0.1) is 0 Å². The molecule has 8 heteroatoms. The maximum absolute atomic E-state index is 12.4. The molecule has 0 fully saturated rings. The number of carbonyl (C=O) groups excluding carboxylic acids is 4. The molecule has 0 unspecified atom stereocenters. The van der Waals surface area contributed by atoms with Crippen molar-refractivity contribution in [2.75, 3.05) is 0 Å². The Morgan fingerprint density at radius 3 is 1.71 bits per heavy atom. The van der Waals surface area contributed by atoms with Crippen LogP contribution in [-0.2, 0) is 25.7 Å². The van der Waals surface area contributed by atoms with Gasteiger partial charge in [0.1, 0.15) is 6.61 Å². The van der Waals surface area contributed by atoms with Crippen LogP contribution < -0.4 is 14.2 Å². The van der Waals surface area contributed by atoms with E-state index in [1.165, 1.54) is 12.1 Å². The highest BCUT2D eigenvalue weighted by atomic mass is 16.6. The van der Waals surface area contributed by atoms with E-state index >= 15 is 0 Å². The van der Waals surface area contributed by atoms with Gasteiger partial charge in [0.05, 0.1) is 5.56 Å². The fourth-order valence-electron chi connectivity index (χ4n) is 2.21. The predicted molar refractivity (Wildman–Crippen MR) is 95.9 cm³/mol. The summed E-state index contributed by atoms with van der Waals surface area (Å²) in [6.07, 6.45) is 0. The summed E-state index contributed by atoms with van der Waals surface area (Å²) in [5.41, 5.74) is 0.715. The highest BCUT2D eigenvalue weighted by Crippen LogP contribution is 2.39. The fraction of sp³-hybridized carbons (Fsp3) is 0.200. The zero-order chi connectivity index (χ0) is 20.7. The molecule has 2 aromatic rings. The van der Waals surface area contributed by atoms with E-state index in [0.717, 1.165) is 26.3 Å². The smallest absolute Gasteiger partial charge is 0.338 e. The molecule has 0 aliphatic rings. The summed E-state index contributed by atoms with van der Waals surface area (Å²) < 4.78 is 20.2. The first-order valence-electron chi connectivity index (χ1n) is 8.20. The SMILES string of the molecule is CC(=O)Oc1cc(C(=O)OCc2ccccc2)cc(OC(C)=O)c1OC(C)=O. The molecule has 0 aliphatic carbocycles. The molecule has 0 heterocycles. The largest absolute Gasteiger partial charge is 0.457 e. The van der Waals surface area contributed by atoms with E-state index < -0.39 is 23.9 Å². The third-order valence-corrected chi connectivity index (χ3v) is 3.22. The van der Waals surface area contributed by atoms with E-state index in [2.05, 4.69) is 0 Å². The van der Waals surface area contributed by atoms with E-state index in [4.69, 9.17) is 18.9 Å². The van der Waals surface area contributed by atoms with Crippen LogP contribution in [-0.4, -0.2) is 23.9 Å². The van der Waals surface area contributed by atoms with E-state index in [9.17, 15) is 19.2 Å². The summed E-state index contributed by atoms with van der Waals surface area (Å²) in [6, 6.07) is 11.3. The summed E-state index contributed by atoms with van der Waals surface area (Å²) in [4.78, 5) is 46.6. The van der Waals surface area contributed by atoms with Gasteiger partial charge < -0.3 is 18.9 Å². The minimum absolute atomic E-state index is 0.0111. The van der Waals surface area contributed by atoms with E-state index in [-0.39, 0.29) is 29.4 Å². The van der Waals surface area contributed by atoms with Crippen LogP contribution in [0.15, 0.2) is 42.5 Å². The monoisotopic (exact) mass is 386 g/mol. The zero-order valence-electron chi connectivity index (χ0n) is 15.5. The number of carbonyl (C=O) groups is 4. The lowest BCUT2D eigenvalue weighted by Gasteiger charge is -2.14. The Labute approximate surface area is 161 Å². The molecule has 8 nitrogen and oxygen atoms in total. The molecule has 0 radical (unpaired) electrons. The van der Waals surface area contributed by atoms with E-state index in [1.54, 1.807) is 24.3 Å². The Bertz CT molecular complexity index is 865. The first kappa shape index (κ1) is 20.6. The van der Waals surface area contributed by atoms with Gasteiger partial charge >= 0.3 is 23.9 Å². The van der Waals surface area contributed by atoms with Gasteiger partial charge in [0.15, 0.2) is 11.5 Å². The first-order valence-corrected chi connectivity index (χ1v) is 8.20. The van der Waals surface area contributed by atoms with E-state index in [0.29, 0.717) is 0 Å². The average molecular weight is 386 g/mol. The van der Waals surface area contributed by atoms with Crippen LogP contribution in [0.25, 0.3) is 0 Å². The van der Waals surface area contributed by atoms with Crippen LogP contribution >= 0.6 is 0 Å². The van der Waals surface area contributed by atoms with Crippen molar-refractivity contribution in [3.63, 3.8) is 0 Å². The molecule has 0 aromatic heterocycles. The standard InChI is InChI=1S/C20H18O8/c1-12(21)26-17-9-16(20(24)25-11-15-7-5-4-6-8-15)10-18(27-13(2)22)19(17)28-14(3)23/h4-10H,11H2,1-3H3. The molecule has 0 spiro atoms. The second-order valence-corrected chi connectivity index (χ2v) is 5.64. The molecule has 28 heavy (non-hydrogen) atoms. The second kappa shape index (κ2) is 9.31. The molecule has 0 aliphatic heterocycles. The lowest BCUT2D eigenvalue weighted by Crippen LogP contribution is -2.13. The minimum atomic E-state index is -0.750. The highest BCUT2D eigenvalue weighted by molar-refractivity contribution is 5.92. The van der Waals surface area contributed by atoms with Crippen molar-refractivity contribution < 1.29 is 38.1 Å². The normalized spacial score (nSPS) is 9.96. The third kappa shape index (κ3) is 5.94. The predicted octanol–water partition coefficient (Wildman–Crippen LogP) is 2.82. The average Bonchev–Trinajstić information content (AvgIpc) is 2.61. The van der Waals surface area contributed by atoms with Gasteiger partial charge in [0, 0.05) is 20.8 Å². The lowest BCUT2D eigenvalue weighted by atomic mass is 10.1. The Morgan fingerprint density at radius 1 is 0.750 bits per heavy atom. The molecule has 0 saturated carbocycles. The molecule has 0 bridgehead atoms. The summed E-state index contributed by atoms with van der Waals surface area (Å²) in [6.45, 7) is 3.39. The zero-order valence-corrected chi connectivity index (χ0v) is 15.5. The number of hydrogen-bond acceptors (Lipinski definition) is 8. The van der Waals surface area contributed by atoms with Crippen molar-refractivity contribution in [2.45, 2.75) is 27.4 Å². The molecule has 146 valence electrons. The number of esters is 4. The Balaban J connectivity index is 2.39. The molecular weight excluding hydrogens is 368 g/mol. The van der Waals surface area contributed by atoms with Gasteiger partial charge in [-0.3, -0.25) is 14.4 Å². The van der Waals surface area contributed by atoms with Crippen molar-refractivity contribution in [1.82, 2.24) is 0 Å². The molecule has 0 amide bonds. The number of ether oxygens (including phenoxy) is 4. The number of hydrogen-bond donors (Lipinski definition) is 0. The van der Waals surface area contributed by atoms with Gasteiger partial charge in [-0.15, -0.1) is 0 Å². The van der Waals surface area contributed by atoms with Gasteiger partial charge in [0.25, 0.3) is 0 Å². The molecule has 2 aromatic carbocycles. The van der Waals surface area contributed by atoms with Gasteiger partial charge in [-0.2, -0.15) is 0 Å². The van der Waals surface area contributed by atoms with Crippen LogP contribution in [0.2, 0.25) is 0 Å². The molecular formula is C20H18O8. The molecule has 0 atom stereocenters. The Morgan fingerprint density at radius 2 is 1.25 bits per heavy atom.